The van der Waals surface area contributed by atoms with Gasteiger partial charge < -0.3 is 14.5 Å². The summed E-state index contributed by atoms with van der Waals surface area (Å²) in [6, 6.07) is 8.91. The Morgan fingerprint density at radius 1 is 1.26 bits per heavy atom. The molecule has 1 amide bonds. The predicted molar refractivity (Wildman–Crippen MR) is 80.8 cm³/mol. The first-order valence-electron chi connectivity index (χ1n) is 6.42. The number of anilines is 1. The molecule has 0 radical (unpaired) electrons. The highest BCUT2D eigenvalue weighted by Gasteiger charge is 2.13. The van der Waals surface area contributed by atoms with Crippen molar-refractivity contribution >= 4 is 29.5 Å². The van der Waals surface area contributed by atoms with Gasteiger partial charge in [-0.3, -0.25) is 14.9 Å². The van der Waals surface area contributed by atoms with Crippen molar-refractivity contribution in [1.82, 2.24) is 0 Å². The summed E-state index contributed by atoms with van der Waals surface area (Å²) < 4.78 is 9.51. The Kier molecular flexibility index (Phi) is 4.88. The van der Waals surface area contributed by atoms with Gasteiger partial charge in [-0.25, -0.2) is 4.79 Å². The van der Waals surface area contributed by atoms with Gasteiger partial charge in [-0.1, -0.05) is 12.1 Å². The Morgan fingerprint density at radius 3 is 2.65 bits per heavy atom. The Balaban J connectivity index is 2.09. The van der Waals surface area contributed by atoms with Crippen LogP contribution in [0.4, 0.5) is 11.6 Å². The molecule has 2 rings (SSSR count). The van der Waals surface area contributed by atoms with Crippen LogP contribution in [0.3, 0.4) is 0 Å². The lowest BCUT2D eigenvalue weighted by Gasteiger charge is -2.07. The van der Waals surface area contributed by atoms with Crippen LogP contribution in [0.15, 0.2) is 46.9 Å². The van der Waals surface area contributed by atoms with Gasteiger partial charge in [0.05, 0.1) is 24.4 Å². The molecular formula is C15H12N2O6. The van der Waals surface area contributed by atoms with E-state index in [0.717, 1.165) is 6.08 Å². The van der Waals surface area contributed by atoms with Gasteiger partial charge in [0, 0.05) is 6.08 Å². The topological polar surface area (TPSA) is 112 Å². The summed E-state index contributed by atoms with van der Waals surface area (Å²) in [4.78, 5) is 33.3. The molecule has 8 heteroatoms. The number of nitro groups is 1. The number of para-hydroxylation sites is 1. The maximum absolute atomic E-state index is 11.9. The zero-order valence-corrected chi connectivity index (χ0v) is 12.0. The molecule has 1 heterocycles. The highest BCUT2D eigenvalue weighted by molar-refractivity contribution is 6.06. The van der Waals surface area contributed by atoms with Crippen molar-refractivity contribution in [3.63, 3.8) is 0 Å². The maximum atomic E-state index is 11.9. The Labute approximate surface area is 130 Å². The molecule has 2 aromatic rings. The number of nitrogens with one attached hydrogen (secondary N) is 1. The molecule has 0 aliphatic carbocycles. The van der Waals surface area contributed by atoms with Crippen molar-refractivity contribution in [3.8, 4) is 0 Å². The quantitative estimate of drug-likeness (QED) is 0.393. The van der Waals surface area contributed by atoms with Gasteiger partial charge in [-0.15, -0.1) is 0 Å². The first kappa shape index (κ1) is 16.0. The molecule has 1 aromatic heterocycles. The Morgan fingerprint density at radius 2 is 2.00 bits per heavy atom. The smallest absolute Gasteiger partial charge is 0.433 e. The van der Waals surface area contributed by atoms with Crippen LogP contribution in [0.25, 0.3) is 6.08 Å². The van der Waals surface area contributed by atoms with E-state index in [2.05, 4.69) is 10.1 Å². The van der Waals surface area contributed by atoms with Crippen LogP contribution in [0.1, 0.15) is 16.1 Å². The summed E-state index contributed by atoms with van der Waals surface area (Å²) >= 11 is 0. The Bertz CT molecular complexity index is 778. The van der Waals surface area contributed by atoms with E-state index in [9.17, 15) is 19.7 Å². The van der Waals surface area contributed by atoms with Crippen molar-refractivity contribution < 1.29 is 23.7 Å². The molecule has 23 heavy (non-hydrogen) atoms. The van der Waals surface area contributed by atoms with Crippen molar-refractivity contribution in [2.75, 3.05) is 12.4 Å². The summed E-state index contributed by atoms with van der Waals surface area (Å²) in [5.41, 5.74) is 0.504. The van der Waals surface area contributed by atoms with Gasteiger partial charge in [0.2, 0.25) is 5.91 Å². The zero-order valence-electron chi connectivity index (χ0n) is 12.0. The zero-order chi connectivity index (χ0) is 16.8. The van der Waals surface area contributed by atoms with Crippen molar-refractivity contribution in [2.45, 2.75) is 0 Å². The fourth-order valence-corrected chi connectivity index (χ4v) is 1.74. The van der Waals surface area contributed by atoms with Gasteiger partial charge in [0.1, 0.15) is 10.7 Å². The lowest BCUT2D eigenvalue weighted by Crippen LogP contribution is -2.12. The minimum Gasteiger partial charge on any atom is -0.465 e. The van der Waals surface area contributed by atoms with Gasteiger partial charge in [0.15, 0.2) is 0 Å². The number of methoxy groups -OCH3 is 1. The number of esters is 1. The first-order valence-corrected chi connectivity index (χ1v) is 6.42. The minimum absolute atomic E-state index is 0.160. The van der Waals surface area contributed by atoms with E-state index in [1.807, 2.05) is 0 Å². The van der Waals surface area contributed by atoms with Crippen molar-refractivity contribution in [1.29, 1.82) is 0 Å². The highest BCUT2D eigenvalue weighted by atomic mass is 16.6. The molecule has 0 aliphatic rings. The molecule has 118 valence electrons. The number of furan rings is 1. The predicted octanol–water partition coefficient (Wildman–Crippen LogP) is 2.63. The summed E-state index contributed by atoms with van der Waals surface area (Å²) in [5.74, 6) is -1.36. The number of carbonyl (C=O) groups excluding carboxylic acids is 2. The van der Waals surface area contributed by atoms with E-state index >= 15 is 0 Å². The van der Waals surface area contributed by atoms with Gasteiger partial charge in [-0.05, 0) is 24.3 Å². The summed E-state index contributed by atoms with van der Waals surface area (Å²) in [7, 11) is 1.24. The average Bonchev–Trinajstić information content (AvgIpc) is 3.02. The molecule has 8 nitrogen and oxygen atoms in total. The summed E-state index contributed by atoms with van der Waals surface area (Å²) in [6.45, 7) is 0. The van der Waals surface area contributed by atoms with Crippen LogP contribution >= 0.6 is 0 Å². The minimum atomic E-state index is -0.677. The highest BCUT2D eigenvalue weighted by Crippen LogP contribution is 2.18. The largest absolute Gasteiger partial charge is 0.465 e. The van der Waals surface area contributed by atoms with E-state index < -0.39 is 22.7 Å². The standard InChI is InChI=1S/C15H12N2O6/c1-22-15(19)11-4-2-3-5-12(11)16-13(18)8-6-10-7-9-14(23-10)17(20)21/h2-9H,1H3,(H,16,18)/b8-6+. The molecule has 0 spiro atoms. The molecule has 0 unspecified atom stereocenters. The Hall–Kier alpha value is -3.42. The van der Waals surface area contributed by atoms with Gasteiger partial charge in [0.25, 0.3) is 0 Å². The second-order valence-corrected chi connectivity index (χ2v) is 4.29. The SMILES string of the molecule is COC(=O)c1ccccc1NC(=O)/C=C/c1ccc([N+](=O)[O-])o1. The van der Waals surface area contributed by atoms with E-state index in [1.54, 1.807) is 18.2 Å². The third kappa shape index (κ3) is 4.03. The lowest BCUT2D eigenvalue weighted by molar-refractivity contribution is -0.402. The van der Waals surface area contributed by atoms with Crippen LogP contribution in [-0.2, 0) is 9.53 Å². The number of ether oxygens (including phenoxy) is 1. The monoisotopic (exact) mass is 316 g/mol. The first-order chi connectivity index (χ1) is 11.0. The third-order valence-electron chi connectivity index (χ3n) is 2.78. The lowest BCUT2D eigenvalue weighted by atomic mass is 10.2. The molecule has 0 saturated heterocycles. The average molecular weight is 316 g/mol. The summed E-state index contributed by atoms with van der Waals surface area (Å²) in [5, 5.41) is 13.0. The van der Waals surface area contributed by atoms with Crippen molar-refractivity contribution in [2.24, 2.45) is 0 Å². The molecule has 1 aromatic carbocycles. The van der Waals surface area contributed by atoms with Crippen LogP contribution in [0.2, 0.25) is 0 Å². The molecule has 0 aliphatic heterocycles. The van der Waals surface area contributed by atoms with Crippen LogP contribution in [0.5, 0.6) is 0 Å². The number of hydrogen-bond donors (Lipinski definition) is 1. The fraction of sp³-hybridized carbons (Fsp3) is 0.0667. The summed E-state index contributed by atoms with van der Waals surface area (Å²) in [6.07, 6.45) is 2.42. The second kappa shape index (κ2) is 7.03. The molecule has 0 atom stereocenters. The van der Waals surface area contributed by atoms with E-state index in [0.29, 0.717) is 5.69 Å². The van der Waals surface area contributed by atoms with Gasteiger partial charge in [-0.2, -0.15) is 0 Å². The van der Waals surface area contributed by atoms with E-state index in [-0.39, 0.29) is 11.3 Å². The number of benzene rings is 1. The number of rotatable bonds is 5. The van der Waals surface area contributed by atoms with Crippen LogP contribution < -0.4 is 5.32 Å². The van der Waals surface area contributed by atoms with E-state index in [1.165, 1.54) is 31.4 Å². The maximum Gasteiger partial charge on any atom is 0.433 e. The van der Waals surface area contributed by atoms with Crippen molar-refractivity contribution in [3.05, 3.63) is 63.9 Å². The number of amides is 1. The molecule has 0 fully saturated rings. The second-order valence-electron chi connectivity index (χ2n) is 4.29. The van der Waals surface area contributed by atoms with E-state index in [4.69, 9.17) is 4.42 Å². The molecule has 0 saturated carbocycles. The normalized spacial score (nSPS) is 10.5. The van der Waals surface area contributed by atoms with Gasteiger partial charge >= 0.3 is 11.9 Å². The third-order valence-corrected chi connectivity index (χ3v) is 2.78. The number of nitrogens with zero attached hydrogens (tertiary/aromatic N) is 1. The number of hydrogen-bond acceptors (Lipinski definition) is 6. The molecular weight excluding hydrogens is 304 g/mol. The molecule has 0 bridgehead atoms. The van der Waals surface area contributed by atoms with Crippen LogP contribution in [0, 0.1) is 10.1 Å². The van der Waals surface area contributed by atoms with Crippen LogP contribution in [-0.4, -0.2) is 23.9 Å². The fourth-order valence-electron chi connectivity index (χ4n) is 1.74. The number of carbonyl (C=O) groups is 2. The molecule has 1 N–H and O–H groups in total.